The van der Waals surface area contributed by atoms with Crippen molar-refractivity contribution in [2.75, 3.05) is 24.7 Å². The smallest absolute Gasteiger partial charge is 0.151 e. The first-order valence-corrected chi connectivity index (χ1v) is 7.37. The molecule has 0 spiro atoms. The fourth-order valence-electron chi connectivity index (χ4n) is 1.65. The Balaban J connectivity index is 2.02. The topological polar surface area (TPSA) is 55.4 Å². The summed E-state index contributed by atoms with van der Waals surface area (Å²) in [6.45, 7) is 5.60. The van der Waals surface area contributed by atoms with Crippen LogP contribution in [0.25, 0.3) is 0 Å². The van der Waals surface area contributed by atoms with Gasteiger partial charge in [0.15, 0.2) is 9.84 Å². The molecular formula is C10H21NO3S. The van der Waals surface area contributed by atoms with Crippen LogP contribution in [-0.2, 0) is 14.6 Å². The third-order valence-corrected chi connectivity index (χ3v) is 4.21. The summed E-state index contributed by atoms with van der Waals surface area (Å²) in [4.78, 5) is 0. The minimum atomic E-state index is -2.75. The molecule has 1 aliphatic heterocycles. The Kier molecular flexibility index (Phi) is 5.02. The van der Waals surface area contributed by atoms with E-state index in [1.165, 1.54) is 0 Å². The number of ether oxygens (including phenoxy) is 1. The van der Waals surface area contributed by atoms with Gasteiger partial charge in [0.05, 0.1) is 17.6 Å². The van der Waals surface area contributed by atoms with Crippen molar-refractivity contribution in [3.05, 3.63) is 0 Å². The zero-order valence-electron chi connectivity index (χ0n) is 9.53. The summed E-state index contributed by atoms with van der Waals surface area (Å²) in [7, 11) is -2.75. The molecule has 0 saturated carbocycles. The van der Waals surface area contributed by atoms with E-state index in [0.717, 1.165) is 26.0 Å². The van der Waals surface area contributed by atoms with Gasteiger partial charge in [0.2, 0.25) is 0 Å². The van der Waals surface area contributed by atoms with E-state index in [0.29, 0.717) is 11.5 Å². The van der Waals surface area contributed by atoms with E-state index < -0.39 is 9.84 Å². The third-order valence-electron chi connectivity index (χ3n) is 2.44. The Bertz CT molecular complexity index is 274. The second-order valence-electron chi connectivity index (χ2n) is 4.33. The second-order valence-corrected chi connectivity index (χ2v) is 6.56. The molecule has 5 heteroatoms. The van der Waals surface area contributed by atoms with Gasteiger partial charge in [-0.3, -0.25) is 0 Å². The first-order chi connectivity index (χ1) is 6.99. The van der Waals surface area contributed by atoms with Crippen LogP contribution in [-0.4, -0.2) is 45.2 Å². The average molecular weight is 235 g/mol. The van der Waals surface area contributed by atoms with E-state index in [4.69, 9.17) is 4.74 Å². The largest absolute Gasteiger partial charge is 0.379 e. The van der Waals surface area contributed by atoms with Gasteiger partial charge in [0, 0.05) is 12.6 Å². The van der Waals surface area contributed by atoms with E-state index in [1.54, 1.807) is 0 Å². The van der Waals surface area contributed by atoms with E-state index in [1.807, 2.05) is 13.8 Å². The molecule has 0 aromatic carbocycles. The highest BCUT2D eigenvalue weighted by molar-refractivity contribution is 7.91. The standard InChI is InChI=1S/C10H21NO3S/c1-9(2)14-6-3-5-11-10-4-7-15(12,13)8-10/h9-11H,3-8H2,1-2H3. The summed E-state index contributed by atoms with van der Waals surface area (Å²) in [5.41, 5.74) is 0. The minimum Gasteiger partial charge on any atom is -0.379 e. The van der Waals surface area contributed by atoms with Crippen LogP contribution in [0.5, 0.6) is 0 Å². The number of hydrogen-bond donors (Lipinski definition) is 1. The van der Waals surface area contributed by atoms with Crippen LogP contribution in [0, 0.1) is 0 Å². The maximum atomic E-state index is 11.2. The van der Waals surface area contributed by atoms with Gasteiger partial charge in [-0.25, -0.2) is 8.42 Å². The lowest BCUT2D eigenvalue weighted by molar-refractivity contribution is 0.0768. The van der Waals surface area contributed by atoms with Crippen molar-refractivity contribution in [1.29, 1.82) is 0 Å². The molecule has 4 nitrogen and oxygen atoms in total. The van der Waals surface area contributed by atoms with E-state index in [2.05, 4.69) is 5.32 Å². The van der Waals surface area contributed by atoms with Crippen LogP contribution in [0.2, 0.25) is 0 Å². The predicted molar refractivity (Wildman–Crippen MR) is 60.8 cm³/mol. The predicted octanol–water partition coefficient (Wildman–Crippen LogP) is 0.578. The van der Waals surface area contributed by atoms with Crippen LogP contribution >= 0.6 is 0 Å². The SMILES string of the molecule is CC(C)OCCCNC1CCS(=O)(=O)C1. The highest BCUT2D eigenvalue weighted by atomic mass is 32.2. The molecule has 1 aliphatic rings. The summed E-state index contributed by atoms with van der Waals surface area (Å²) in [5.74, 6) is 0.644. The Labute approximate surface area is 92.3 Å². The molecule has 1 heterocycles. The highest BCUT2D eigenvalue weighted by Crippen LogP contribution is 2.10. The van der Waals surface area contributed by atoms with Gasteiger partial charge in [-0.05, 0) is 33.2 Å². The molecule has 0 bridgehead atoms. The molecule has 1 atom stereocenters. The maximum absolute atomic E-state index is 11.2. The van der Waals surface area contributed by atoms with Crippen LogP contribution < -0.4 is 5.32 Å². The maximum Gasteiger partial charge on any atom is 0.151 e. The van der Waals surface area contributed by atoms with Crippen LogP contribution in [0.4, 0.5) is 0 Å². The summed E-state index contributed by atoms with van der Waals surface area (Å²) in [6.07, 6.45) is 1.97. The molecule has 90 valence electrons. The fourth-order valence-corrected chi connectivity index (χ4v) is 3.36. The van der Waals surface area contributed by atoms with Gasteiger partial charge in [0.25, 0.3) is 0 Å². The Hall–Kier alpha value is -0.130. The summed E-state index contributed by atoms with van der Waals surface area (Å²) >= 11 is 0. The first-order valence-electron chi connectivity index (χ1n) is 5.55. The highest BCUT2D eigenvalue weighted by Gasteiger charge is 2.26. The van der Waals surface area contributed by atoms with Crippen molar-refractivity contribution in [2.24, 2.45) is 0 Å². The van der Waals surface area contributed by atoms with Crippen molar-refractivity contribution < 1.29 is 13.2 Å². The normalized spacial score (nSPS) is 24.9. The molecule has 15 heavy (non-hydrogen) atoms. The number of hydrogen-bond acceptors (Lipinski definition) is 4. The second kappa shape index (κ2) is 5.82. The molecule has 1 unspecified atom stereocenters. The number of sulfone groups is 1. The molecule has 1 saturated heterocycles. The van der Waals surface area contributed by atoms with Crippen molar-refractivity contribution in [3.8, 4) is 0 Å². The Morgan fingerprint density at radius 2 is 2.20 bits per heavy atom. The molecule has 1 rings (SSSR count). The summed E-state index contributed by atoms with van der Waals surface area (Å²) in [6, 6.07) is 0.161. The molecule has 0 aliphatic carbocycles. The van der Waals surface area contributed by atoms with E-state index in [9.17, 15) is 8.42 Å². The van der Waals surface area contributed by atoms with Gasteiger partial charge >= 0.3 is 0 Å². The fraction of sp³-hybridized carbons (Fsp3) is 1.00. The summed E-state index contributed by atoms with van der Waals surface area (Å²) in [5, 5.41) is 3.25. The molecule has 0 amide bonds. The van der Waals surface area contributed by atoms with Crippen LogP contribution in [0.3, 0.4) is 0 Å². The molecule has 0 radical (unpaired) electrons. The Morgan fingerprint density at radius 3 is 2.73 bits per heavy atom. The van der Waals surface area contributed by atoms with E-state index in [-0.39, 0.29) is 12.1 Å². The van der Waals surface area contributed by atoms with Gasteiger partial charge in [-0.1, -0.05) is 0 Å². The number of rotatable bonds is 6. The molecule has 0 aromatic rings. The monoisotopic (exact) mass is 235 g/mol. The molecular weight excluding hydrogens is 214 g/mol. The molecule has 1 N–H and O–H groups in total. The quantitative estimate of drug-likeness (QED) is 0.684. The minimum absolute atomic E-state index is 0.161. The zero-order chi connectivity index (χ0) is 11.3. The van der Waals surface area contributed by atoms with E-state index >= 15 is 0 Å². The lowest BCUT2D eigenvalue weighted by atomic mass is 10.2. The zero-order valence-corrected chi connectivity index (χ0v) is 10.3. The van der Waals surface area contributed by atoms with Gasteiger partial charge in [-0.2, -0.15) is 0 Å². The molecule has 0 aromatic heterocycles. The van der Waals surface area contributed by atoms with Gasteiger partial charge in [0.1, 0.15) is 0 Å². The average Bonchev–Trinajstić information content (AvgIpc) is 2.44. The van der Waals surface area contributed by atoms with Crippen LogP contribution in [0.15, 0.2) is 0 Å². The van der Waals surface area contributed by atoms with Crippen molar-refractivity contribution >= 4 is 9.84 Å². The number of nitrogens with one attached hydrogen (secondary N) is 1. The van der Waals surface area contributed by atoms with Crippen molar-refractivity contribution in [3.63, 3.8) is 0 Å². The van der Waals surface area contributed by atoms with Crippen molar-refractivity contribution in [2.45, 2.75) is 38.8 Å². The van der Waals surface area contributed by atoms with Crippen molar-refractivity contribution in [1.82, 2.24) is 5.32 Å². The van der Waals surface area contributed by atoms with Gasteiger partial charge < -0.3 is 10.1 Å². The lowest BCUT2D eigenvalue weighted by Gasteiger charge is -2.11. The van der Waals surface area contributed by atoms with Crippen LogP contribution in [0.1, 0.15) is 26.7 Å². The Morgan fingerprint density at radius 1 is 1.47 bits per heavy atom. The summed E-state index contributed by atoms with van der Waals surface area (Å²) < 4.78 is 27.7. The lowest BCUT2D eigenvalue weighted by Crippen LogP contribution is -2.31. The first kappa shape index (κ1) is 12.9. The molecule has 1 fully saturated rings. The third kappa shape index (κ3) is 5.49. The van der Waals surface area contributed by atoms with Gasteiger partial charge in [-0.15, -0.1) is 0 Å².